The second kappa shape index (κ2) is 6.22. The van der Waals surface area contributed by atoms with E-state index in [0.717, 1.165) is 11.1 Å². The molecular formula is C15H12Br4O2. The van der Waals surface area contributed by atoms with Crippen molar-refractivity contribution in [3.8, 4) is 11.5 Å². The molecule has 0 aliphatic heterocycles. The summed E-state index contributed by atoms with van der Waals surface area (Å²) >= 11 is 13.7. The van der Waals surface area contributed by atoms with E-state index in [-0.39, 0.29) is 5.41 Å². The third kappa shape index (κ3) is 3.33. The zero-order valence-electron chi connectivity index (χ0n) is 13.1. The summed E-state index contributed by atoms with van der Waals surface area (Å²) in [5.74, 6) is 0.870. The Morgan fingerprint density at radius 2 is 1.05 bits per heavy atom. The van der Waals surface area contributed by atoms with E-state index in [4.69, 9.17) is 2.86 Å². The molecule has 0 aromatic heterocycles. The Labute approximate surface area is 160 Å². The highest BCUT2D eigenvalue weighted by Crippen LogP contribution is 2.43. The van der Waals surface area contributed by atoms with Gasteiger partial charge in [-0.25, -0.2) is 0 Å². The maximum Gasteiger partial charge on any atom is 0.293 e. The number of phenolic OH excluding ortho intramolecular Hbond substituents is 2. The van der Waals surface area contributed by atoms with Gasteiger partial charge in [0.1, 0.15) is 11.5 Å². The molecule has 0 unspecified atom stereocenters. The van der Waals surface area contributed by atoms with Crippen LogP contribution < -0.4 is 0 Å². The van der Waals surface area contributed by atoms with Crippen LogP contribution in [0.4, 0.5) is 0 Å². The van der Waals surface area contributed by atoms with Crippen molar-refractivity contribution < 1.29 is 10.2 Å². The van der Waals surface area contributed by atoms with Gasteiger partial charge in [-0.3, -0.25) is 0 Å². The van der Waals surface area contributed by atoms with E-state index in [9.17, 15) is 0 Å². The Bertz CT molecular complexity index is 643. The minimum atomic E-state index is -0.322. The summed E-state index contributed by atoms with van der Waals surface area (Å²) < 4.78 is 17.0. The Morgan fingerprint density at radius 3 is 1.29 bits per heavy atom. The van der Waals surface area contributed by atoms with Gasteiger partial charge in [0.15, 0.2) is 0 Å². The van der Waals surface area contributed by atoms with Crippen LogP contribution in [0.1, 0.15) is 25.0 Å². The summed E-state index contributed by atoms with van der Waals surface area (Å²) in [4.78, 5) is 0. The lowest BCUT2D eigenvalue weighted by Crippen LogP contribution is -2.19. The number of benzene rings is 2. The van der Waals surface area contributed by atoms with Crippen molar-refractivity contribution in [2.24, 2.45) is 0 Å². The van der Waals surface area contributed by atoms with E-state index in [1.165, 1.54) is 0 Å². The smallest absolute Gasteiger partial charge is 0.293 e. The van der Waals surface area contributed by atoms with Crippen LogP contribution >= 0.6 is 63.7 Å². The van der Waals surface area contributed by atoms with Gasteiger partial charge in [-0.15, -0.1) is 0 Å². The van der Waals surface area contributed by atoms with Crippen LogP contribution in [0.2, 0.25) is 0 Å². The van der Waals surface area contributed by atoms with E-state index in [1.54, 1.807) is 0 Å². The number of aromatic hydroxyl groups is 2. The van der Waals surface area contributed by atoms with Gasteiger partial charge in [-0.1, -0.05) is 13.8 Å². The molecule has 0 saturated carbocycles. The molecule has 0 aliphatic carbocycles. The normalized spacial score (nSPS) is 12.7. The first-order valence-electron chi connectivity index (χ1n) is 6.79. The average Bonchev–Trinajstić information content (AvgIpc) is 2.46. The van der Waals surface area contributed by atoms with Crippen LogP contribution in [0.3, 0.4) is 0 Å². The lowest BCUT2D eigenvalue weighted by atomic mass is 9.78. The fraction of sp³-hybridized carbons (Fsp3) is 0.200. The molecule has 2 N–H and O–H groups in total. The first-order valence-corrected chi connectivity index (χ1v) is 9.15. The summed E-state index contributed by atoms with van der Waals surface area (Å²) in [5.41, 5.74) is 1.75. The molecule has 6 heteroatoms. The Kier molecular flexibility index (Phi) is 4.31. The monoisotopic (exact) mass is 542 g/mol. The average molecular weight is 546 g/mol. The number of rotatable bonds is 4. The maximum absolute atomic E-state index is 7.11. The highest BCUT2D eigenvalue weighted by Gasteiger charge is 2.26. The number of halogens is 4. The molecule has 2 nitrogen and oxygen atoms in total. The number of phenols is 2. The number of hydrogen-bond donors (Lipinski definition) is 2. The van der Waals surface area contributed by atoms with Gasteiger partial charge in [0.05, 0.1) is 17.9 Å². The second-order valence-corrected chi connectivity index (χ2v) is 8.58. The predicted octanol–water partition coefficient (Wildman–Crippen LogP) is 6.47. The summed E-state index contributed by atoms with van der Waals surface area (Å²) in [6.07, 6.45) is 0. The maximum atomic E-state index is 7.11. The fourth-order valence-electron chi connectivity index (χ4n) is 2.01. The largest absolute Gasteiger partial charge is 0.506 e. The van der Waals surface area contributed by atoms with E-state index < -0.39 is 0 Å². The second-order valence-electron chi connectivity index (χ2n) is 5.16. The van der Waals surface area contributed by atoms with E-state index >= 15 is 0 Å². The lowest BCUT2D eigenvalue weighted by Gasteiger charge is -2.27. The molecule has 0 bridgehead atoms. The lowest BCUT2D eigenvalue weighted by molar-refractivity contribution is 0.466. The van der Waals surface area contributed by atoms with Gasteiger partial charge < -0.3 is 10.2 Å². The van der Waals surface area contributed by atoms with Crippen molar-refractivity contribution in [2.75, 3.05) is 0 Å². The summed E-state index contributed by atoms with van der Waals surface area (Å²) in [5, 5.41) is 9.24. The molecule has 0 saturated heterocycles. The van der Waals surface area contributed by atoms with Crippen molar-refractivity contribution in [3.05, 3.63) is 53.3 Å². The van der Waals surface area contributed by atoms with Crippen molar-refractivity contribution in [1.82, 2.24) is 0 Å². The van der Waals surface area contributed by atoms with E-state index in [2.05, 4.69) is 87.8 Å². The molecule has 0 fully saturated rings. The molecule has 21 heavy (non-hydrogen) atoms. The Hall–Kier alpha value is -0.0400. The third-order valence-corrected chi connectivity index (χ3v) is 5.80. The first-order chi connectivity index (χ1) is 10.7. The molecule has 2 aromatic carbocycles. The van der Waals surface area contributed by atoms with Gasteiger partial charge in [0.2, 0.25) is 0 Å². The van der Waals surface area contributed by atoms with Crippen molar-refractivity contribution in [3.63, 3.8) is 0 Å². The highest BCUT2D eigenvalue weighted by atomic mass is 79.9. The van der Waals surface area contributed by atoms with Gasteiger partial charge in [-0.05, 0) is 99.1 Å². The summed E-state index contributed by atoms with van der Waals surface area (Å²) in [6, 6.07) is 7.74. The van der Waals surface area contributed by atoms with Crippen LogP contribution in [0.25, 0.3) is 0 Å². The van der Waals surface area contributed by atoms with Gasteiger partial charge in [0, 0.05) is 5.41 Å². The van der Waals surface area contributed by atoms with Gasteiger partial charge in [-0.2, -0.15) is 0 Å². The molecule has 0 aliphatic rings. The van der Waals surface area contributed by atoms with E-state index in [1.807, 2.05) is 24.3 Å². The van der Waals surface area contributed by atoms with Crippen LogP contribution in [0.15, 0.2) is 42.2 Å². The molecule has 0 amide bonds. The molecule has 0 spiro atoms. The van der Waals surface area contributed by atoms with Gasteiger partial charge in [0.25, 0.3) is 2.86 Å². The van der Waals surface area contributed by atoms with Crippen LogP contribution in [0, 0.1) is 0 Å². The Balaban J connectivity index is 2.59. The molecular weight excluding hydrogens is 532 g/mol. The topological polar surface area (TPSA) is 40.5 Å². The van der Waals surface area contributed by atoms with Crippen LogP contribution in [-0.2, 0) is 5.41 Å². The van der Waals surface area contributed by atoms with Crippen LogP contribution in [0.5, 0.6) is 11.5 Å². The standard InChI is InChI=1S/C15H12Br4O2/c1-15(2,7-3-9(16)13(20)10(17)4-7)8-5-11(18)14(21)12(19)6-8/h3-6,20-21H,1-2H3/i/hD2. The Morgan fingerprint density at radius 1 is 0.762 bits per heavy atom. The molecule has 2 rings (SSSR count). The fourth-order valence-corrected chi connectivity index (χ4v) is 4.38. The third-order valence-electron chi connectivity index (χ3n) is 3.44. The predicted molar refractivity (Wildman–Crippen MR) is 99.1 cm³/mol. The summed E-state index contributed by atoms with van der Waals surface area (Å²) in [6.45, 7) is 4.19. The number of hydrogen-bond acceptors (Lipinski definition) is 2. The van der Waals surface area contributed by atoms with Gasteiger partial charge >= 0.3 is 0 Å². The molecule has 0 atom stereocenters. The minimum absolute atomic E-state index is 0.322. The quantitative estimate of drug-likeness (QED) is 0.462. The molecule has 0 heterocycles. The van der Waals surface area contributed by atoms with Crippen molar-refractivity contribution in [1.29, 1.82) is 2.86 Å². The highest BCUT2D eigenvalue weighted by molar-refractivity contribution is 9.11. The zero-order valence-corrected chi connectivity index (χ0v) is 17.5. The first kappa shape index (κ1) is 14.5. The zero-order chi connectivity index (χ0) is 17.4. The van der Waals surface area contributed by atoms with Crippen LogP contribution in [-0.4, -0.2) is 13.1 Å². The SMILES string of the molecule is [2H]Oc1c(Br)cc(C(C)(C)c2cc(Br)c(O[2H])c(Br)c2)cc1Br. The molecule has 2 aromatic rings. The van der Waals surface area contributed by atoms with Crippen molar-refractivity contribution in [2.45, 2.75) is 19.3 Å². The minimum Gasteiger partial charge on any atom is -0.506 e. The molecule has 0 radical (unpaired) electrons. The molecule has 112 valence electrons. The van der Waals surface area contributed by atoms with Crippen molar-refractivity contribution >= 4 is 63.7 Å². The van der Waals surface area contributed by atoms with E-state index in [0.29, 0.717) is 29.4 Å². The summed E-state index contributed by atoms with van der Waals surface area (Å²) in [7, 11) is 0.